The van der Waals surface area contributed by atoms with E-state index in [9.17, 15) is 15.2 Å². The van der Waals surface area contributed by atoms with E-state index in [2.05, 4.69) is 0 Å². The number of phenolic OH excluding ortho intramolecular Hbond substituents is 1. The van der Waals surface area contributed by atoms with E-state index >= 15 is 0 Å². The van der Waals surface area contributed by atoms with E-state index in [1.165, 1.54) is 6.07 Å². The summed E-state index contributed by atoms with van der Waals surface area (Å²) in [5.74, 6) is -0.129. The van der Waals surface area contributed by atoms with Gasteiger partial charge in [-0.15, -0.1) is 0 Å². The zero-order chi connectivity index (χ0) is 10.9. The maximum absolute atomic E-state index is 10.5. The quantitative estimate of drug-likeness (QED) is 0.584. The third-order valence-corrected chi connectivity index (χ3v) is 2.09. The van der Waals surface area contributed by atoms with Crippen molar-refractivity contribution in [3.63, 3.8) is 0 Å². The molecule has 0 unspecified atom stereocenters. The van der Waals surface area contributed by atoms with Crippen molar-refractivity contribution in [2.45, 2.75) is 13.0 Å². The monoisotopic (exact) mass is 216 g/mol. The zero-order valence-corrected chi connectivity index (χ0v) is 8.15. The van der Waals surface area contributed by atoms with Crippen LogP contribution in [-0.2, 0) is 0 Å². The van der Waals surface area contributed by atoms with Crippen molar-refractivity contribution >= 4 is 17.3 Å². The fourth-order valence-corrected chi connectivity index (χ4v) is 1.30. The minimum Gasteiger partial charge on any atom is -0.508 e. The smallest absolute Gasteiger partial charge is 0.288 e. The molecule has 0 aliphatic rings. The minimum absolute atomic E-state index is 0.100. The number of benzene rings is 1. The molecule has 1 atom stereocenters. The van der Waals surface area contributed by atoms with Crippen molar-refractivity contribution in [2.75, 3.05) is 0 Å². The number of rotatable bonds is 2. The molecule has 0 saturated heterocycles. The van der Waals surface area contributed by atoms with Gasteiger partial charge in [0.15, 0.2) is 0 Å². The van der Waals surface area contributed by atoms with E-state index in [4.69, 9.17) is 17.3 Å². The van der Waals surface area contributed by atoms with E-state index in [-0.39, 0.29) is 16.5 Å². The first-order chi connectivity index (χ1) is 6.43. The minimum atomic E-state index is -0.617. The van der Waals surface area contributed by atoms with Crippen molar-refractivity contribution < 1.29 is 10.0 Å². The fraction of sp³-hybridized carbons (Fsp3) is 0.250. The van der Waals surface area contributed by atoms with Crippen LogP contribution in [0.15, 0.2) is 12.1 Å². The van der Waals surface area contributed by atoms with Gasteiger partial charge in [-0.05, 0) is 6.92 Å². The van der Waals surface area contributed by atoms with Crippen LogP contribution >= 0.6 is 11.6 Å². The van der Waals surface area contributed by atoms with Crippen LogP contribution in [0, 0.1) is 10.1 Å². The lowest BCUT2D eigenvalue weighted by Crippen LogP contribution is -2.06. The largest absolute Gasteiger partial charge is 0.508 e. The zero-order valence-electron chi connectivity index (χ0n) is 7.40. The van der Waals surface area contributed by atoms with Gasteiger partial charge < -0.3 is 10.8 Å². The molecule has 0 saturated carbocycles. The standard InChI is InChI=1S/C8H9ClN2O3/c1-4(10)5-2-7(11(13)14)6(9)3-8(5)12/h2-4,12H,10H2,1H3/t4-/m0/s1. The molecule has 0 radical (unpaired) electrons. The van der Waals surface area contributed by atoms with Gasteiger partial charge in [0, 0.05) is 23.7 Å². The average molecular weight is 217 g/mol. The molecule has 0 fully saturated rings. The summed E-state index contributed by atoms with van der Waals surface area (Å²) in [5, 5.41) is 19.8. The molecule has 1 aromatic carbocycles. The molecule has 1 aromatic rings. The van der Waals surface area contributed by atoms with E-state index in [0.29, 0.717) is 5.56 Å². The molecule has 0 aliphatic carbocycles. The van der Waals surface area contributed by atoms with Gasteiger partial charge in [0.2, 0.25) is 0 Å². The summed E-state index contributed by atoms with van der Waals surface area (Å²) in [6.07, 6.45) is 0. The summed E-state index contributed by atoms with van der Waals surface area (Å²) in [6, 6.07) is 1.83. The first-order valence-corrected chi connectivity index (χ1v) is 4.23. The Morgan fingerprint density at radius 1 is 1.64 bits per heavy atom. The maximum Gasteiger partial charge on any atom is 0.288 e. The van der Waals surface area contributed by atoms with Gasteiger partial charge in [-0.2, -0.15) is 0 Å². The molecule has 0 spiro atoms. The highest BCUT2D eigenvalue weighted by atomic mass is 35.5. The van der Waals surface area contributed by atoms with Gasteiger partial charge >= 0.3 is 0 Å². The lowest BCUT2D eigenvalue weighted by molar-refractivity contribution is -0.384. The molecule has 0 heterocycles. The van der Waals surface area contributed by atoms with Crippen molar-refractivity contribution in [3.05, 3.63) is 32.8 Å². The number of phenols is 1. The first kappa shape index (κ1) is 10.7. The lowest BCUT2D eigenvalue weighted by Gasteiger charge is -2.08. The molecule has 0 aromatic heterocycles. The van der Waals surface area contributed by atoms with Gasteiger partial charge in [0.1, 0.15) is 10.8 Å². The van der Waals surface area contributed by atoms with Gasteiger partial charge in [0.25, 0.3) is 5.69 Å². The predicted octanol–water partition coefficient (Wildman–Crippen LogP) is 1.97. The second kappa shape index (κ2) is 3.81. The molecule has 6 heteroatoms. The SMILES string of the molecule is C[C@H](N)c1cc([N+](=O)[O-])c(Cl)cc1O. The van der Waals surface area contributed by atoms with Gasteiger partial charge in [0.05, 0.1) is 4.92 Å². The fourth-order valence-electron chi connectivity index (χ4n) is 1.07. The highest BCUT2D eigenvalue weighted by Crippen LogP contribution is 2.33. The molecule has 0 bridgehead atoms. The normalized spacial score (nSPS) is 12.5. The number of nitro benzene ring substituents is 1. The molecule has 14 heavy (non-hydrogen) atoms. The highest BCUT2D eigenvalue weighted by Gasteiger charge is 2.18. The van der Waals surface area contributed by atoms with Gasteiger partial charge in [-0.1, -0.05) is 11.6 Å². The Morgan fingerprint density at radius 2 is 2.21 bits per heavy atom. The summed E-state index contributed by atoms with van der Waals surface area (Å²) in [6.45, 7) is 1.62. The molecular weight excluding hydrogens is 208 g/mol. The first-order valence-electron chi connectivity index (χ1n) is 3.86. The van der Waals surface area contributed by atoms with Crippen molar-refractivity contribution in [2.24, 2.45) is 5.73 Å². The molecule has 3 N–H and O–H groups in total. The van der Waals surface area contributed by atoms with Crippen LogP contribution < -0.4 is 5.73 Å². The Balaban J connectivity index is 3.34. The Bertz CT molecular complexity index is 379. The Kier molecular flexibility index (Phi) is 2.93. The predicted molar refractivity (Wildman–Crippen MR) is 52.4 cm³/mol. The van der Waals surface area contributed by atoms with Crippen LogP contribution in [0.5, 0.6) is 5.75 Å². The lowest BCUT2D eigenvalue weighted by atomic mass is 10.1. The van der Waals surface area contributed by atoms with Crippen LogP contribution in [0.1, 0.15) is 18.5 Å². The van der Waals surface area contributed by atoms with E-state index in [1.54, 1.807) is 6.92 Å². The van der Waals surface area contributed by atoms with Crippen molar-refractivity contribution in [3.8, 4) is 5.75 Å². The van der Waals surface area contributed by atoms with Crippen LogP contribution in [-0.4, -0.2) is 10.0 Å². The van der Waals surface area contributed by atoms with Crippen molar-refractivity contribution in [1.82, 2.24) is 0 Å². The molecule has 1 rings (SSSR count). The van der Waals surface area contributed by atoms with Crippen LogP contribution in [0.4, 0.5) is 5.69 Å². The number of nitro groups is 1. The van der Waals surface area contributed by atoms with Crippen LogP contribution in [0.25, 0.3) is 0 Å². The Morgan fingerprint density at radius 3 is 2.64 bits per heavy atom. The summed E-state index contributed by atoms with van der Waals surface area (Å²) >= 11 is 5.56. The Hall–Kier alpha value is -1.33. The summed E-state index contributed by atoms with van der Waals surface area (Å²) in [4.78, 5) is 9.89. The summed E-state index contributed by atoms with van der Waals surface area (Å²) in [7, 11) is 0. The molecule has 0 amide bonds. The topological polar surface area (TPSA) is 89.4 Å². The second-order valence-corrected chi connectivity index (χ2v) is 3.32. The summed E-state index contributed by atoms with van der Waals surface area (Å²) in [5.41, 5.74) is 5.56. The molecule has 5 nitrogen and oxygen atoms in total. The van der Waals surface area contributed by atoms with E-state index in [1.807, 2.05) is 0 Å². The second-order valence-electron chi connectivity index (χ2n) is 2.91. The Labute approximate surface area is 85.3 Å². The summed E-state index contributed by atoms with van der Waals surface area (Å²) < 4.78 is 0. The maximum atomic E-state index is 10.5. The number of hydrogen-bond donors (Lipinski definition) is 2. The number of nitrogens with two attached hydrogens (primary N) is 1. The molecule has 76 valence electrons. The number of aromatic hydroxyl groups is 1. The number of nitrogens with zero attached hydrogens (tertiary/aromatic N) is 1. The van der Waals surface area contributed by atoms with E-state index in [0.717, 1.165) is 6.07 Å². The average Bonchev–Trinajstić information content (AvgIpc) is 2.02. The number of hydrogen-bond acceptors (Lipinski definition) is 4. The third-order valence-electron chi connectivity index (χ3n) is 1.78. The van der Waals surface area contributed by atoms with Crippen LogP contribution in [0.2, 0.25) is 5.02 Å². The van der Waals surface area contributed by atoms with Crippen LogP contribution in [0.3, 0.4) is 0 Å². The van der Waals surface area contributed by atoms with Gasteiger partial charge in [-0.25, -0.2) is 0 Å². The number of halogens is 1. The van der Waals surface area contributed by atoms with Gasteiger partial charge in [-0.3, -0.25) is 10.1 Å². The third kappa shape index (κ3) is 1.94. The van der Waals surface area contributed by atoms with Crippen molar-refractivity contribution in [1.29, 1.82) is 0 Å². The molecular formula is C8H9ClN2O3. The highest BCUT2D eigenvalue weighted by molar-refractivity contribution is 6.32. The van der Waals surface area contributed by atoms with E-state index < -0.39 is 11.0 Å². The molecule has 0 aliphatic heterocycles.